The first kappa shape index (κ1) is 29.7. The molecule has 1 aliphatic carbocycles. The summed E-state index contributed by atoms with van der Waals surface area (Å²) in [6.07, 6.45) is -0.824. The van der Waals surface area contributed by atoms with E-state index < -0.39 is 29.8 Å². The second-order valence-corrected chi connectivity index (χ2v) is 14.3. The number of thiophene rings is 1. The maximum absolute atomic E-state index is 15.0. The monoisotopic (exact) mass is 626 g/mol. The highest BCUT2D eigenvalue weighted by molar-refractivity contribution is 7.22. The quantitative estimate of drug-likeness (QED) is 0.225. The number of hydrogen-bond donors (Lipinski definition) is 1. The fraction of sp³-hybridized carbons (Fsp3) is 0.469. The number of aryl methyl sites for hydroxylation is 1. The molecule has 2 N–H and O–H groups in total. The standard InChI is InChI=1S/C32H36ClFN4O4S/c1-16-26-22(41-5)11-19(30(39)38-15-20(34)13-23(42-31(35)40)28(38)32(2,3)4)12-24(26)43-27(16)21-10-18-8-9-25(33)36-29(18)37(21)14-17-6-7-17/h8-12,17,20,23,28H,6-7,13-15H2,1-5H3,(H2,35,40)/t20-,23-,28?/m1/s1. The first-order valence-electron chi connectivity index (χ1n) is 14.5. The van der Waals surface area contributed by atoms with E-state index in [0.717, 1.165) is 43.8 Å². The van der Waals surface area contributed by atoms with Crippen LogP contribution in [0.1, 0.15) is 56.0 Å². The van der Waals surface area contributed by atoms with Crippen LogP contribution < -0.4 is 10.5 Å². The van der Waals surface area contributed by atoms with Crippen molar-refractivity contribution in [2.24, 2.45) is 17.1 Å². The fourth-order valence-electron chi connectivity index (χ4n) is 6.55. The predicted molar refractivity (Wildman–Crippen MR) is 168 cm³/mol. The smallest absolute Gasteiger partial charge is 0.404 e. The summed E-state index contributed by atoms with van der Waals surface area (Å²) >= 11 is 7.89. The number of halogens is 2. The summed E-state index contributed by atoms with van der Waals surface area (Å²) in [7, 11) is 1.59. The number of aromatic nitrogens is 2. The van der Waals surface area contributed by atoms with E-state index in [4.69, 9.17) is 26.8 Å². The Morgan fingerprint density at radius 2 is 1.95 bits per heavy atom. The second kappa shape index (κ2) is 11.0. The van der Waals surface area contributed by atoms with E-state index in [1.165, 1.54) is 17.7 Å². The fourth-order valence-corrected chi connectivity index (χ4v) is 7.98. The third-order valence-electron chi connectivity index (χ3n) is 8.53. The van der Waals surface area contributed by atoms with Crippen molar-refractivity contribution >= 4 is 56.1 Å². The zero-order valence-electron chi connectivity index (χ0n) is 24.9. The molecule has 3 atom stereocenters. The first-order valence-corrected chi connectivity index (χ1v) is 15.7. The van der Waals surface area contributed by atoms with Crippen LogP contribution in [0.15, 0.2) is 30.3 Å². The van der Waals surface area contributed by atoms with Gasteiger partial charge >= 0.3 is 6.09 Å². The van der Waals surface area contributed by atoms with Crippen LogP contribution in [-0.4, -0.2) is 58.4 Å². The number of likely N-dealkylation sites (tertiary alicyclic amines) is 1. The number of carbonyl (C=O) groups excluding carboxylic acids is 2. The van der Waals surface area contributed by atoms with Crippen LogP contribution in [0.25, 0.3) is 31.7 Å². The molecule has 0 radical (unpaired) electrons. The average molecular weight is 627 g/mol. The van der Waals surface area contributed by atoms with E-state index in [1.54, 1.807) is 30.6 Å². The first-order chi connectivity index (χ1) is 20.3. The number of nitrogens with zero attached hydrogens (tertiary/aromatic N) is 3. The normalized spacial score (nSPS) is 21.0. The van der Waals surface area contributed by atoms with Gasteiger partial charge in [0.1, 0.15) is 28.8 Å². The van der Waals surface area contributed by atoms with Crippen molar-refractivity contribution in [1.82, 2.24) is 14.5 Å². The van der Waals surface area contributed by atoms with Gasteiger partial charge in [0.05, 0.1) is 30.3 Å². The van der Waals surface area contributed by atoms with Gasteiger partial charge in [-0.2, -0.15) is 0 Å². The highest BCUT2D eigenvalue weighted by Crippen LogP contribution is 2.46. The van der Waals surface area contributed by atoms with Gasteiger partial charge in [0.2, 0.25) is 0 Å². The number of ether oxygens (including phenoxy) is 2. The van der Waals surface area contributed by atoms with Gasteiger partial charge in [-0.3, -0.25) is 4.79 Å². The van der Waals surface area contributed by atoms with Crippen molar-refractivity contribution in [3.63, 3.8) is 0 Å². The summed E-state index contributed by atoms with van der Waals surface area (Å²) < 4.78 is 29.3. The third kappa shape index (κ3) is 5.55. The molecule has 2 aliphatic rings. The van der Waals surface area contributed by atoms with Crippen LogP contribution in [-0.2, 0) is 11.3 Å². The summed E-state index contributed by atoms with van der Waals surface area (Å²) in [4.78, 5) is 33.0. The Bertz CT molecular complexity index is 1740. The number of amides is 2. The number of methoxy groups -OCH3 is 1. The zero-order chi connectivity index (χ0) is 30.8. The number of hydrogen-bond acceptors (Lipinski definition) is 6. The molecular formula is C32H36ClFN4O4S. The van der Waals surface area contributed by atoms with Gasteiger partial charge in [-0.05, 0) is 67.0 Å². The van der Waals surface area contributed by atoms with E-state index >= 15 is 0 Å². The van der Waals surface area contributed by atoms with Crippen molar-refractivity contribution in [3.8, 4) is 16.3 Å². The van der Waals surface area contributed by atoms with Crippen molar-refractivity contribution in [2.75, 3.05) is 13.7 Å². The molecule has 2 fully saturated rings. The molecule has 4 heterocycles. The van der Waals surface area contributed by atoms with E-state index in [9.17, 15) is 14.0 Å². The van der Waals surface area contributed by atoms with Crippen LogP contribution in [0.3, 0.4) is 0 Å². The Hall–Kier alpha value is -3.37. The van der Waals surface area contributed by atoms with Crippen molar-refractivity contribution in [3.05, 3.63) is 46.6 Å². The number of nitrogens with two attached hydrogens (primary N) is 1. The van der Waals surface area contributed by atoms with Crippen molar-refractivity contribution in [1.29, 1.82) is 0 Å². The van der Waals surface area contributed by atoms with Crippen LogP contribution >= 0.6 is 22.9 Å². The molecule has 0 bridgehead atoms. The average Bonchev–Trinajstić information content (AvgIpc) is 3.60. The minimum atomic E-state index is -1.36. The summed E-state index contributed by atoms with van der Waals surface area (Å²) in [6, 6.07) is 8.96. The number of rotatable bonds is 6. The zero-order valence-corrected chi connectivity index (χ0v) is 26.5. The molecule has 43 heavy (non-hydrogen) atoms. The molecule has 2 amide bonds. The maximum atomic E-state index is 15.0. The molecule has 1 saturated heterocycles. The number of carbonyl (C=O) groups is 2. The Balaban J connectivity index is 1.45. The van der Waals surface area contributed by atoms with E-state index in [1.807, 2.05) is 32.9 Å². The molecule has 228 valence electrons. The van der Waals surface area contributed by atoms with Gasteiger partial charge in [-0.15, -0.1) is 11.3 Å². The summed E-state index contributed by atoms with van der Waals surface area (Å²) in [5, 5.41) is 2.40. The molecule has 4 aromatic rings. The van der Waals surface area contributed by atoms with Gasteiger partial charge in [0, 0.05) is 34.0 Å². The van der Waals surface area contributed by atoms with Crippen LogP contribution in [0.5, 0.6) is 5.75 Å². The largest absolute Gasteiger partial charge is 0.496 e. The predicted octanol–water partition coefficient (Wildman–Crippen LogP) is 7.36. The number of benzene rings is 1. The number of fused-ring (bicyclic) bond motifs is 2. The number of pyridine rings is 1. The molecule has 1 saturated carbocycles. The maximum Gasteiger partial charge on any atom is 0.404 e. The van der Waals surface area contributed by atoms with Crippen LogP contribution in [0.2, 0.25) is 5.15 Å². The Morgan fingerprint density at radius 1 is 1.21 bits per heavy atom. The van der Waals surface area contributed by atoms with Gasteiger partial charge in [-0.25, -0.2) is 14.2 Å². The minimum absolute atomic E-state index is 0.0145. The SMILES string of the molecule is COc1cc(C(=O)N2C[C@H](F)C[C@@H](OC(N)=O)C2C(C)(C)C)cc2sc(-c3cc4ccc(Cl)nc4n3CC3CC3)c(C)c12. The molecule has 6 rings (SSSR count). The Kier molecular flexibility index (Phi) is 7.57. The molecule has 1 unspecified atom stereocenters. The number of piperidine rings is 1. The summed E-state index contributed by atoms with van der Waals surface area (Å²) in [5.74, 6) is 0.832. The van der Waals surface area contributed by atoms with E-state index in [-0.39, 0.29) is 18.9 Å². The highest BCUT2D eigenvalue weighted by atomic mass is 35.5. The Labute approximate surface area is 258 Å². The molecule has 1 aliphatic heterocycles. The molecule has 8 nitrogen and oxygen atoms in total. The molecule has 3 aromatic heterocycles. The molecule has 1 aromatic carbocycles. The highest BCUT2D eigenvalue weighted by Gasteiger charge is 2.47. The third-order valence-corrected chi connectivity index (χ3v) is 10.00. The number of alkyl halides is 1. The molecule has 11 heteroatoms. The summed E-state index contributed by atoms with van der Waals surface area (Å²) in [6.45, 7) is 8.64. The Morgan fingerprint density at radius 3 is 2.60 bits per heavy atom. The van der Waals surface area contributed by atoms with Gasteiger partial charge in [0.15, 0.2) is 0 Å². The minimum Gasteiger partial charge on any atom is -0.496 e. The second-order valence-electron chi connectivity index (χ2n) is 12.8. The topological polar surface area (TPSA) is 99.7 Å². The lowest BCUT2D eigenvalue weighted by Gasteiger charge is -2.48. The lowest BCUT2D eigenvalue weighted by Crippen LogP contribution is -2.61. The van der Waals surface area contributed by atoms with Gasteiger partial charge in [-0.1, -0.05) is 32.4 Å². The van der Waals surface area contributed by atoms with Crippen molar-refractivity contribution in [2.45, 2.75) is 71.8 Å². The van der Waals surface area contributed by atoms with E-state index in [0.29, 0.717) is 22.4 Å². The lowest BCUT2D eigenvalue weighted by atomic mass is 9.78. The molecular weight excluding hydrogens is 591 g/mol. The summed E-state index contributed by atoms with van der Waals surface area (Å²) in [5.41, 5.74) is 8.16. The number of primary amides is 1. The van der Waals surface area contributed by atoms with Gasteiger partial charge in [0.25, 0.3) is 5.91 Å². The van der Waals surface area contributed by atoms with Gasteiger partial charge < -0.3 is 24.7 Å². The van der Waals surface area contributed by atoms with Crippen LogP contribution in [0.4, 0.5) is 9.18 Å². The van der Waals surface area contributed by atoms with Crippen molar-refractivity contribution < 1.29 is 23.5 Å². The van der Waals surface area contributed by atoms with Crippen LogP contribution in [0, 0.1) is 18.3 Å². The lowest BCUT2D eigenvalue weighted by molar-refractivity contribution is -0.0570. The molecule has 0 spiro atoms. The van der Waals surface area contributed by atoms with E-state index in [2.05, 4.69) is 22.5 Å².